The number of tetrazole rings is 1. The van der Waals surface area contributed by atoms with Gasteiger partial charge in [0.05, 0.1) is 13.3 Å². The molecule has 98 valence electrons. The molecule has 3 aromatic heterocycles. The molecule has 3 heterocycles. The van der Waals surface area contributed by atoms with Gasteiger partial charge in [-0.2, -0.15) is 14.5 Å². The summed E-state index contributed by atoms with van der Waals surface area (Å²) >= 11 is 1.22. The second kappa shape index (κ2) is 4.65. The van der Waals surface area contributed by atoms with Gasteiger partial charge in [0.15, 0.2) is 0 Å². The Hall–Kier alpha value is -2.49. The molecule has 0 spiro atoms. The van der Waals surface area contributed by atoms with Gasteiger partial charge in [-0.05, 0) is 10.4 Å². The Kier molecular flexibility index (Phi) is 2.55. The zero-order valence-electron chi connectivity index (χ0n) is 10.8. The standard InChI is InChI=1S/C9H9N7O2S/c1-15-9(17)16(14-13-15)7-4-11-12-6(7)5-18-8-10-2-3-19-8/h2-4H,5H2,1H3,(H,11,12)/i2T. The number of ether oxygens (including phenoxy) is 1. The highest BCUT2D eigenvalue weighted by Crippen LogP contribution is 2.16. The van der Waals surface area contributed by atoms with E-state index in [0.29, 0.717) is 16.6 Å². The SMILES string of the molecule is [3H]c1csc(OCc2[nH]ncc2-n2nnn(C)c2=O)n1. The van der Waals surface area contributed by atoms with Crippen LogP contribution in [0.5, 0.6) is 5.19 Å². The third kappa shape index (κ3) is 2.12. The lowest BCUT2D eigenvalue weighted by molar-refractivity contribution is 0.299. The Morgan fingerprint density at radius 2 is 2.47 bits per heavy atom. The smallest absolute Gasteiger partial charge is 0.368 e. The lowest BCUT2D eigenvalue weighted by Crippen LogP contribution is -2.22. The largest absolute Gasteiger partial charge is 0.463 e. The predicted octanol–water partition coefficient (Wildman–Crippen LogP) is -0.275. The fourth-order valence-corrected chi connectivity index (χ4v) is 1.88. The predicted molar refractivity (Wildman–Crippen MR) is 65.2 cm³/mol. The lowest BCUT2D eigenvalue weighted by Gasteiger charge is -2.02. The number of nitrogens with zero attached hydrogens (tertiary/aromatic N) is 6. The maximum atomic E-state index is 11.8. The van der Waals surface area contributed by atoms with Crippen LogP contribution in [0, 0.1) is 0 Å². The van der Waals surface area contributed by atoms with Crippen LogP contribution in [0.2, 0.25) is 0 Å². The Labute approximate surface area is 111 Å². The molecule has 0 saturated heterocycles. The van der Waals surface area contributed by atoms with Crippen molar-refractivity contribution in [2.24, 2.45) is 7.05 Å². The van der Waals surface area contributed by atoms with E-state index in [0.717, 1.165) is 9.36 Å². The van der Waals surface area contributed by atoms with Crippen LogP contribution in [0.4, 0.5) is 0 Å². The monoisotopic (exact) mass is 281 g/mol. The first-order valence-corrected chi connectivity index (χ1v) is 6.09. The molecule has 0 aliphatic rings. The molecule has 0 saturated carbocycles. The van der Waals surface area contributed by atoms with Gasteiger partial charge < -0.3 is 4.74 Å². The highest BCUT2D eigenvalue weighted by Gasteiger charge is 2.13. The average molecular weight is 281 g/mol. The number of aromatic nitrogens is 7. The number of aryl methyl sites for hydroxylation is 1. The molecule has 0 aromatic carbocycles. The first kappa shape index (κ1) is 10.4. The van der Waals surface area contributed by atoms with E-state index in [2.05, 4.69) is 25.6 Å². The summed E-state index contributed by atoms with van der Waals surface area (Å²) in [6, 6.07) is 0. The van der Waals surface area contributed by atoms with Crippen LogP contribution < -0.4 is 10.4 Å². The van der Waals surface area contributed by atoms with E-state index in [1.807, 2.05) is 0 Å². The Morgan fingerprint density at radius 1 is 1.58 bits per heavy atom. The van der Waals surface area contributed by atoms with Crippen LogP contribution in [0.15, 0.2) is 22.5 Å². The first-order valence-electron chi connectivity index (χ1n) is 5.71. The fourth-order valence-electron chi connectivity index (χ4n) is 1.44. The molecule has 10 heteroatoms. The van der Waals surface area contributed by atoms with Crippen molar-refractivity contribution >= 4 is 11.3 Å². The normalized spacial score (nSPS) is 11.5. The third-order valence-electron chi connectivity index (χ3n) is 2.35. The summed E-state index contributed by atoms with van der Waals surface area (Å²) in [5.74, 6) is 0. The quantitative estimate of drug-likeness (QED) is 0.705. The molecule has 19 heavy (non-hydrogen) atoms. The molecule has 0 radical (unpaired) electrons. The van der Waals surface area contributed by atoms with Gasteiger partial charge in [0.1, 0.15) is 12.3 Å². The topological polar surface area (TPSA) is 104 Å². The van der Waals surface area contributed by atoms with Gasteiger partial charge in [0.2, 0.25) is 0 Å². The molecule has 0 bridgehead atoms. The summed E-state index contributed by atoms with van der Waals surface area (Å²) in [6.07, 6.45) is 1.62. The number of hydrogen-bond acceptors (Lipinski definition) is 7. The molecule has 9 nitrogen and oxygen atoms in total. The molecule has 1 N–H and O–H groups in total. The summed E-state index contributed by atoms with van der Waals surface area (Å²) in [4.78, 5) is 15.6. The summed E-state index contributed by atoms with van der Waals surface area (Å²) in [6.45, 7) is 0.130. The van der Waals surface area contributed by atoms with Crippen molar-refractivity contribution in [3.8, 4) is 10.9 Å². The van der Waals surface area contributed by atoms with E-state index in [1.54, 1.807) is 5.38 Å². The van der Waals surface area contributed by atoms with Gasteiger partial charge in [-0.3, -0.25) is 5.10 Å². The van der Waals surface area contributed by atoms with E-state index in [9.17, 15) is 4.79 Å². The number of rotatable bonds is 4. The van der Waals surface area contributed by atoms with E-state index < -0.39 is 0 Å². The van der Waals surface area contributed by atoms with Crippen LogP contribution in [-0.4, -0.2) is 35.0 Å². The molecule has 0 atom stereocenters. The molecular weight excluding hydrogens is 270 g/mol. The Morgan fingerprint density at radius 3 is 3.16 bits per heavy atom. The van der Waals surface area contributed by atoms with Gasteiger partial charge >= 0.3 is 5.69 Å². The first-order chi connectivity index (χ1) is 9.65. The van der Waals surface area contributed by atoms with Crippen LogP contribution in [0.1, 0.15) is 7.06 Å². The van der Waals surface area contributed by atoms with E-state index in [1.165, 1.54) is 24.6 Å². The van der Waals surface area contributed by atoms with Crippen LogP contribution >= 0.6 is 11.3 Å². The Balaban J connectivity index is 1.83. The molecule has 0 aliphatic heterocycles. The van der Waals surface area contributed by atoms with Crippen molar-refractivity contribution in [3.63, 3.8) is 0 Å². The molecule has 0 fully saturated rings. The molecular formula is C9H9N7O2S. The second-order valence-electron chi connectivity index (χ2n) is 3.56. The molecule has 3 rings (SSSR count). The number of nitrogens with one attached hydrogen (secondary N) is 1. The van der Waals surface area contributed by atoms with Crippen molar-refractivity contribution in [2.45, 2.75) is 6.61 Å². The number of aromatic amines is 1. The summed E-state index contributed by atoms with van der Waals surface area (Å²) in [5.41, 5.74) is 0.649. The highest BCUT2D eigenvalue weighted by atomic mass is 32.1. The van der Waals surface area contributed by atoms with Crippen molar-refractivity contribution in [1.82, 2.24) is 35.0 Å². The van der Waals surface area contributed by atoms with Crippen LogP contribution in [-0.2, 0) is 13.7 Å². The van der Waals surface area contributed by atoms with Gasteiger partial charge in [0.25, 0.3) is 5.19 Å². The van der Waals surface area contributed by atoms with Crippen LogP contribution in [0.3, 0.4) is 0 Å². The summed E-state index contributed by atoms with van der Waals surface area (Å²) < 4.78 is 15.0. The number of hydrogen-bond donors (Lipinski definition) is 1. The average Bonchev–Trinajstić information content (AvgIpc) is 3.11. The molecule has 3 aromatic rings. The van der Waals surface area contributed by atoms with Gasteiger partial charge in [-0.1, -0.05) is 11.3 Å². The minimum atomic E-state index is -0.379. The highest BCUT2D eigenvalue weighted by molar-refractivity contribution is 7.11. The number of H-pyrrole nitrogens is 1. The van der Waals surface area contributed by atoms with Crippen molar-refractivity contribution in [2.75, 3.05) is 0 Å². The summed E-state index contributed by atoms with van der Waals surface area (Å²) in [7, 11) is 1.51. The second-order valence-corrected chi connectivity index (χ2v) is 4.38. The van der Waals surface area contributed by atoms with Gasteiger partial charge in [0, 0.05) is 18.6 Å². The third-order valence-corrected chi connectivity index (χ3v) is 2.99. The minimum Gasteiger partial charge on any atom is -0.463 e. The Bertz CT molecular complexity index is 788. The van der Waals surface area contributed by atoms with E-state index in [-0.39, 0.29) is 18.5 Å². The zero-order valence-corrected chi connectivity index (χ0v) is 10.6. The molecule has 0 aliphatic carbocycles. The van der Waals surface area contributed by atoms with E-state index >= 15 is 0 Å². The maximum absolute atomic E-state index is 11.8. The van der Waals surface area contributed by atoms with Gasteiger partial charge in [-0.25, -0.2) is 9.78 Å². The maximum Gasteiger partial charge on any atom is 0.368 e. The fraction of sp³-hybridized carbons (Fsp3) is 0.222. The lowest BCUT2D eigenvalue weighted by atomic mass is 10.4. The van der Waals surface area contributed by atoms with Gasteiger partial charge in [-0.15, -0.1) is 0 Å². The molecule has 0 unspecified atom stereocenters. The zero-order chi connectivity index (χ0) is 14.1. The van der Waals surface area contributed by atoms with Crippen molar-refractivity contribution in [3.05, 3.63) is 33.9 Å². The molecule has 0 amide bonds. The minimum absolute atomic E-state index is 0.130. The van der Waals surface area contributed by atoms with Crippen molar-refractivity contribution in [1.29, 1.82) is 0 Å². The summed E-state index contributed by atoms with van der Waals surface area (Å²) in [5, 5.41) is 15.9. The number of thiazole rings is 1. The van der Waals surface area contributed by atoms with E-state index in [4.69, 9.17) is 6.11 Å². The van der Waals surface area contributed by atoms with Crippen molar-refractivity contribution < 1.29 is 6.11 Å². The van der Waals surface area contributed by atoms with Crippen LogP contribution in [0.25, 0.3) is 5.69 Å².